The maximum atomic E-state index is 15.4. The number of nitrogen functional groups attached to an aromatic ring is 1. The molecule has 0 aromatic carbocycles. The van der Waals surface area contributed by atoms with Crippen molar-refractivity contribution in [2.45, 2.75) is 58.3 Å². The first-order valence-corrected chi connectivity index (χ1v) is 14.6. The molecule has 0 aliphatic carbocycles. The van der Waals surface area contributed by atoms with Crippen molar-refractivity contribution < 1.29 is 14.2 Å². The van der Waals surface area contributed by atoms with Gasteiger partial charge in [0.25, 0.3) is 0 Å². The number of likely N-dealkylation sites (tertiary alicyclic amines) is 1. The zero-order valence-electron chi connectivity index (χ0n) is 24.8. The van der Waals surface area contributed by atoms with Crippen LogP contribution < -0.4 is 15.8 Å². The van der Waals surface area contributed by atoms with Gasteiger partial charge in [0.1, 0.15) is 28.0 Å². The number of hydrogen-bond donors (Lipinski definition) is 3. The number of nitrogens with one attached hydrogen (secondary N) is 1. The molecule has 4 aromatic rings. The lowest BCUT2D eigenvalue weighted by Gasteiger charge is -2.35. The molecule has 13 heteroatoms. The molecule has 5 heterocycles. The van der Waals surface area contributed by atoms with E-state index in [4.69, 9.17) is 22.1 Å². The fraction of sp³-hybridized carbons (Fsp3) is 0.433. The predicted molar refractivity (Wildman–Crippen MR) is 164 cm³/mol. The van der Waals surface area contributed by atoms with Crippen LogP contribution in [-0.4, -0.2) is 71.1 Å². The summed E-state index contributed by atoms with van der Waals surface area (Å²) in [5, 5.41) is 18.3. The van der Waals surface area contributed by atoms with Gasteiger partial charge < -0.3 is 20.9 Å². The Morgan fingerprint density at radius 2 is 1.98 bits per heavy atom. The van der Waals surface area contributed by atoms with Crippen LogP contribution in [0.4, 0.5) is 15.9 Å². The Hall–Kier alpha value is -3.87. The van der Waals surface area contributed by atoms with E-state index in [2.05, 4.69) is 35.3 Å². The molecule has 1 fully saturated rings. The van der Waals surface area contributed by atoms with Gasteiger partial charge in [-0.15, -0.1) is 0 Å². The third kappa shape index (κ3) is 7.38. The van der Waals surface area contributed by atoms with Gasteiger partial charge in [0.05, 0.1) is 17.4 Å². The summed E-state index contributed by atoms with van der Waals surface area (Å²) in [6.07, 6.45) is 6.60. The third-order valence-corrected chi connectivity index (χ3v) is 7.82. The lowest BCUT2D eigenvalue weighted by atomic mass is 9.93. The number of aryl methyl sites for hydroxylation is 2. The molecule has 0 spiro atoms. The van der Waals surface area contributed by atoms with Gasteiger partial charge in [-0.1, -0.05) is 11.6 Å². The number of aromatic nitrogens is 6. The summed E-state index contributed by atoms with van der Waals surface area (Å²) in [5.74, 6) is 0.922. The van der Waals surface area contributed by atoms with Crippen LogP contribution in [-0.2, 0) is 13.6 Å². The van der Waals surface area contributed by atoms with Crippen LogP contribution in [0.15, 0.2) is 36.8 Å². The van der Waals surface area contributed by atoms with Gasteiger partial charge in [0.2, 0.25) is 5.88 Å². The molecule has 0 bridgehead atoms. The highest BCUT2D eigenvalue weighted by atomic mass is 35.5. The SMILES string of the molecule is Cc1nn(C)c(O[C@@H](C)CCNc2cc(Cl)ncc2-c2ncc(CN3CCC(C)(O)CC3)cc2F)c1-c1nccc(N)n1. The van der Waals surface area contributed by atoms with Crippen molar-refractivity contribution in [2.24, 2.45) is 7.05 Å². The first-order chi connectivity index (χ1) is 20.5. The van der Waals surface area contributed by atoms with E-state index in [1.807, 2.05) is 20.8 Å². The van der Waals surface area contributed by atoms with Crippen molar-refractivity contribution in [3.05, 3.63) is 59.0 Å². The second kappa shape index (κ2) is 12.8. The molecule has 1 aliphatic heterocycles. The number of hydrogen-bond acceptors (Lipinski definition) is 10. The Kier molecular flexibility index (Phi) is 9.09. The fourth-order valence-electron chi connectivity index (χ4n) is 5.16. The maximum absolute atomic E-state index is 15.4. The average molecular weight is 610 g/mol. The van der Waals surface area contributed by atoms with Gasteiger partial charge >= 0.3 is 0 Å². The van der Waals surface area contributed by atoms with Gasteiger partial charge in [0.15, 0.2) is 5.82 Å². The molecule has 228 valence electrons. The van der Waals surface area contributed by atoms with Crippen LogP contribution in [0.1, 0.15) is 44.4 Å². The highest BCUT2D eigenvalue weighted by Gasteiger charge is 2.27. The molecule has 0 saturated carbocycles. The van der Waals surface area contributed by atoms with Crippen molar-refractivity contribution in [3.8, 4) is 28.5 Å². The second-order valence-corrected chi connectivity index (χ2v) is 11.7. The quantitative estimate of drug-likeness (QED) is 0.218. The number of ether oxygens (including phenoxy) is 1. The molecule has 11 nitrogen and oxygen atoms in total. The summed E-state index contributed by atoms with van der Waals surface area (Å²) in [6, 6.07) is 4.81. The van der Waals surface area contributed by atoms with Crippen LogP contribution in [0.25, 0.3) is 22.6 Å². The zero-order valence-corrected chi connectivity index (χ0v) is 25.6. The molecule has 0 amide bonds. The van der Waals surface area contributed by atoms with Gasteiger partial charge in [-0.25, -0.2) is 24.0 Å². The summed E-state index contributed by atoms with van der Waals surface area (Å²) in [4.78, 5) is 19.5. The lowest BCUT2D eigenvalue weighted by Crippen LogP contribution is -2.41. The number of pyridine rings is 2. The van der Waals surface area contributed by atoms with Crippen molar-refractivity contribution in [3.63, 3.8) is 0 Å². The number of halogens is 2. The van der Waals surface area contributed by atoms with Crippen LogP contribution in [0.2, 0.25) is 5.15 Å². The first kappa shape index (κ1) is 30.6. The van der Waals surface area contributed by atoms with E-state index in [0.717, 1.165) is 24.3 Å². The van der Waals surface area contributed by atoms with E-state index in [9.17, 15) is 5.11 Å². The Balaban J connectivity index is 1.25. The highest BCUT2D eigenvalue weighted by Crippen LogP contribution is 2.33. The third-order valence-electron chi connectivity index (χ3n) is 7.61. The molecule has 4 N–H and O–H groups in total. The molecule has 1 saturated heterocycles. The number of anilines is 2. The molecule has 0 unspecified atom stereocenters. The standard InChI is InChI=1S/C30H37ClFN9O2/c1-18(43-29-26(19(2)39-40(29)4)28-35-10-6-25(33)38-28)5-9-34-23-14-24(31)36-16-21(23)27-22(32)13-20(15-37-27)17-41-11-7-30(3,42)8-12-41/h6,10,13-16,18,42H,5,7-9,11-12,17H2,1-4H3,(H,34,36)(H2,33,35,38)/t18-/m0/s1. The Labute approximate surface area is 255 Å². The smallest absolute Gasteiger partial charge is 0.223 e. The molecule has 4 aromatic heterocycles. The van der Waals surface area contributed by atoms with E-state index in [-0.39, 0.29) is 17.0 Å². The number of piperidine rings is 1. The largest absolute Gasteiger partial charge is 0.474 e. The summed E-state index contributed by atoms with van der Waals surface area (Å²) in [5.41, 5.74) is 8.76. The van der Waals surface area contributed by atoms with E-state index in [1.54, 1.807) is 36.3 Å². The number of nitrogens with zero attached hydrogens (tertiary/aromatic N) is 7. The van der Waals surface area contributed by atoms with E-state index >= 15 is 4.39 Å². The van der Waals surface area contributed by atoms with Gasteiger partial charge in [-0.05, 0) is 57.4 Å². The van der Waals surface area contributed by atoms with Crippen molar-refractivity contribution in [1.82, 2.24) is 34.6 Å². The molecule has 5 rings (SSSR count). The van der Waals surface area contributed by atoms with Crippen LogP contribution in [0.5, 0.6) is 5.88 Å². The second-order valence-electron chi connectivity index (χ2n) is 11.3. The summed E-state index contributed by atoms with van der Waals surface area (Å²) < 4.78 is 23.3. The Morgan fingerprint density at radius 3 is 2.70 bits per heavy atom. The molecule has 0 radical (unpaired) electrons. The van der Waals surface area contributed by atoms with Crippen molar-refractivity contribution in [2.75, 3.05) is 30.7 Å². The van der Waals surface area contributed by atoms with Crippen molar-refractivity contribution >= 4 is 23.1 Å². The van der Waals surface area contributed by atoms with Crippen LogP contribution in [0.3, 0.4) is 0 Å². The minimum absolute atomic E-state index is 0.193. The van der Waals surface area contributed by atoms with E-state index in [1.165, 1.54) is 12.3 Å². The summed E-state index contributed by atoms with van der Waals surface area (Å²) in [6.45, 7) is 8.27. The summed E-state index contributed by atoms with van der Waals surface area (Å²) >= 11 is 6.21. The summed E-state index contributed by atoms with van der Waals surface area (Å²) in [7, 11) is 1.80. The molecular formula is C30H37ClFN9O2. The van der Waals surface area contributed by atoms with E-state index < -0.39 is 11.4 Å². The maximum Gasteiger partial charge on any atom is 0.223 e. The first-order valence-electron chi connectivity index (χ1n) is 14.3. The number of aliphatic hydroxyl groups is 1. The molecule has 43 heavy (non-hydrogen) atoms. The molecule has 1 atom stereocenters. The topological polar surface area (TPSA) is 140 Å². The van der Waals surface area contributed by atoms with Crippen LogP contribution in [0, 0.1) is 12.7 Å². The predicted octanol–water partition coefficient (Wildman–Crippen LogP) is 4.63. The zero-order chi connectivity index (χ0) is 30.7. The number of rotatable bonds is 10. The normalized spacial score (nSPS) is 15.8. The highest BCUT2D eigenvalue weighted by molar-refractivity contribution is 6.29. The Morgan fingerprint density at radius 1 is 1.21 bits per heavy atom. The average Bonchev–Trinajstić information content (AvgIpc) is 3.22. The minimum Gasteiger partial charge on any atom is -0.474 e. The van der Waals surface area contributed by atoms with Gasteiger partial charge in [-0.2, -0.15) is 5.10 Å². The lowest BCUT2D eigenvalue weighted by molar-refractivity contribution is -0.00734. The molecule has 1 aliphatic rings. The Bertz CT molecular complexity index is 1590. The number of nitrogens with two attached hydrogens (primary N) is 1. The van der Waals surface area contributed by atoms with Gasteiger partial charge in [-0.3, -0.25) is 9.88 Å². The monoisotopic (exact) mass is 609 g/mol. The van der Waals surface area contributed by atoms with Gasteiger partial charge in [0, 0.05) is 69.5 Å². The van der Waals surface area contributed by atoms with Crippen LogP contribution >= 0.6 is 11.6 Å². The fourth-order valence-corrected chi connectivity index (χ4v) is 5.32. The van der Waals surface area contributed by atoms with Crippen molar-refractivity contribution in [1.29, 1.82) is 0 Å². The minimum atomic E-state index is -0.633. The van der Waals surface area contributed by atoms with E-state index in [0.29, 0.717) is 66.7 Å². The molecular weight excluding hydrogens is 573 g/mol.